The molecule has 9 atom stereocenters. The van der Waals surface area contributed by atoms with E-state index in [0.29, 0.717) is 30.8 Å². The Morgan fingerprint density at radius 2 is 0.921 bits per heavy atom. The summed E-state index contributed by atoms with van der Waals surface area (Å²) in [6, 6.07) is 14.0. The number of amides is 7. The molecule has 23 heteroatoms. The maximum absolute atomic E-state index is 14.7. The van der Waals surface area contributed by atoms with Gasteiger partial charge >= 0.3 is 17.9 Å². The fourth-order valence-electron chi connectivity index (χ4n) is 11.4. The van der Waals surface area contributed by atoms with Gasteiger partial charge in [-0.25, -0.2) is 4.79 Å². The minimum atomic E-state index is -1.67. The molecule has 0 fully saturated rings. The molecule has 0 aliphatic carbocycles. The van der Waals surface area contributed by atoms with Crippen LogP contribution in [0.1, 0.15) is 235 Å². The van der Waals surface area contributed by atoms with E-state index in [1.807, 2.05) is 103 Å². The highest BCUT2D eigenvalue weighted by molar-refractivity contribution is 5.98. The van der Waals surface area contributed by atoms with Crippen LogP contribution in [0, 0.1) is 29.6 Å². The number of methoxy groups -OCH3 is 2. The molecule has 23 nitrogen and oxygen atoms in total. The van der Waals surface area contributed by atoms with Crippen LogP contribution in [0.15, 0.2) is 78.9 Å². The van der Waals surface area contributed by atoms with Crippen molar-refractivity contribution in [3.8, 4) is 11.5 Å². The maximum atomic E-state index is 14.7. The lowest BCUT2D eigenvalue weighted by molar-refractivity contribution is -0.160. The third kappa shape index (κ3) is 34.0. The average molecular weight is 1410 g/mol. The van der Waals surface area contributed by atoms with Crippen molar-refractivity contribution in [1.29, 1.82) is 0 Å². The molecule has 0 saturated carbocycles. The molecule has 0 saturated heterocycles. The number of unbranched alkanes of at least 4 members (excludes halogenated alkanes) is 8. The quantitative estimate of drug-likeness (QED) is 0.0148. The van der Waals surface area contributed by atoms with Crippen molar-refractivity contribution < 1.29 is 71.6 Å². The average Bonchev–Trinajstić information content (AvgIpc) is 0.840. The van der Waals surface area contributed by atoms with Crippen molar-refractivity contribution >= 4 is 59.3 Å². The van der Waals surface area contributed by atoms with Gasteiger partial charge in [-0.05, 0) is 130 Å². The van der Waals surface area contributed by atoms with Gasteiger partial charge in [0.1, 0.15) is 66.1 Å². The van der Waals surface area contributed by atoms with Gasteiger partial charge in [-0.15, -0.1) is 0 Å². The smallest absolute Gasteiger partial charge is 0.329 e. The number of hydrogen-bond acceptors (Lipinski definition) is 16. The van der Waals surface area contributed by atoms with Crippen molar-refractivity contribution in [2.24, 2.45) is 35.3 Å². The molecule has 3 rings (SSSR count). The van der Waals surface area contributed by atoms with Crippen LogP contribution in [0.25, 0.3) is 0 Å². The van der Waals surface area contributed by atoms with E-state index < -0.39 is 132 Å². The van der Waals surface area contributed by atoms with Crippen LogP contribution in [0.3, 0.4) is 0 Å². The molecule has 0 aromatic heterocycles. The van der Waals surface area contributed by atoms with Gasteiger partial charge in [0, 0.05) is 6.42 Å². The maximum Gasteiger partial charge on any atom is 0.329 e. The molecule has 3 aromatic carbocycles. The zero-order chi connectivity index (χ0) is 75.4. The lowest BCUT2D eigenvalue weighted by atomic mass is 9.97. The van der Waals surface area contributed by atoms with E-state index in [1.54, 1.807) is 80.0 Å². The topological polar surface area (TPSA) is 327 Å². The first kappa shape index (κ1) is 87.1. The van der Waals surface area contributed by atoms with Crippen molar-refractivity contribution in [3.63, 3.8) is 0 Å². The van der Waals surface area contributed by atoms with Crippen molar-refractivity contribution in [3.05, 3.63) is 95.6 Å². The lowest BCUT2D eigenvalue weighted by Crippen LogP contribution is -2.61. The van der Waals surface area contributed by atoms with Crippen molar-refractivity contribution in [2.75, 3.05) is 14.2 Å². The van der Waals surface area contributed by atoms with E-state index in [0.717, 1.165) is 42.4 Å². The van der Waals surface area contributed by atoms with Crippen LogP contribution < -0.4 is 52.4 Å². The fraction of sp³-hybridized carbons (Fsp3) is 0.641. The molecule has 564 valence electrons. The zero-order valence-electron chi connectivity index (χ0n) is 63.2. The Hall–Kier alpha value is -8.08. The van der Waals surface area contributed by atoms with E-state index in [9.17, 15) is 47.9 Å². The van der Waals surface area contributed by atoms with Crippen LogP contribution in [-0.4, -0.2) is 127 Å². The number of hydrogen-bond donors (Lipinski definition) is 8. The number of nitrogens with one attached hydrogen (secondary N) is 7. The van der Waals surface area contributed by atoms with Gasteiger partial charge in [-0.2, -0.15) is 0 Å². The highest BCUT2D eigenvalue weighted by atomic mass is 16.6. The third-order valence-electron chi connectivity index (χ3n) is 17.2. The van der Waals surface area contributed by atoms with Crippen molar-refractivity contribution in [1.82, 2.24) is 37.2 Å². The Bertz CT molecular complexity index is 2980. The Balaban J connectivity index is 1.84. The summed E-state index contributed by atoms with van der Waals surface area (Å²) < 4.78 is 28.0. The minimum absolute atomic E-state index is 0.0438. The monoisotopic (exact) mass is 1410 g/mol. The minimum Gasteiger partial charge on any atom is -0.497 e. The first-order valence-corrected chi connectivity index (χ1v) is 36.5. The van der Waals surface area contributed by atoms with Crippen LogP contribution in [-0.2, 0) is 68.8 Å². The summed E-state index contributed by atoms with van der Waals surface area (Å²) in [4.78, 5) is 142. The zero-order valence-corrected chi connectivity index (χ0v) is 63.2. The number of carbonyl (C=O) groups excluding carboxylic acids is 10. The summed E-state index contributed by atoms with van der Waals surface area (Å²) in [7, 11) is 3.12. The van der Waals surface area contributed by atoms with Gasteiger partial charge in [0.15, 0.2) is 0 Å². The van der Waals surface area contributed by atoms with Crippen LogP contribution in [0.5, 0.6) is 11.5 Å². The number of ether oxygens (including phenoxy) is 5. The molecule has 0 aliphatic rings. The molecular weight excluding hydrogens is 1290 g/mol. The predicted molar refractivity (Wildman–Crippen MR) is 390 cm³/mol. The van der Waals surface area contributed by atoms with Crippen LogP contribution in [0.2, 0.25) is 0 Å². The van der Waals surface area contributed by atoms with Gasteiger partial charge in [0.25, 0.3) is 0 Å². The molecule has 0 radical (unpaired) electrons. The molecule has 0 heterocycles. The second-order valence-corrected chi connectivity index (χ2v) is 29.2. The summed E-state index contributed by atoms with van der Waals surface area (Å²) >= 11 is 0. The predicted octanol–water partition coefficient (Wildman–Crippen LogP) is 10.5. The summed E-state index contributed by atoms with van der Waals surface area (Å²) in [5.74, 6) is -7.61. The molecule has 1 unspecified atom stereocenters. The Kier molecular flexibility index (Phi) is 39.4. The highest BCUT2D eigenvalue weighted by Gasteiger charge is 2.38. The van der Waals surface area contributed by atoms with Gasteiger partial charge in [-0.3, -0.25) is 43.2 Å². The number of nitrogens with two attached hydrogens (primary N) is 1. The summed E-state index contributed by atoms with van der Waals surface area (Å²) in [5.41, 5.74) is 7.76. The summed E-state index contributed by atoms with van der Waals surface area (Å²) in [5, 5.41) is 19.6. The van der Waals surface area contributed by atoms with E-state index in [-0.39, 0.29) is 68.8 Å². The SMILES string of the molecule is CCCCCCCCCCCC(CC(=O)OCc1ccccc1)OC(=O)[C@@H](NC(=O)[C@H](CC(C)C)NC(=O)[C@H](CC(=O)OC(C)(C)C)NC(=O)[C@@H](NC(=O)[C@H](CC(C)C)NC(=O)[C@H](CC(C)C)NC(=O)[C@@H](N)CCC(=O)NC(c1ccc(OC)cc1)c1ccc(OC)cc1)C(C)C)[C@@H](C)CC. The lowest BCUT2D eigenvalue weighted by Gasteiger charge is -2.30. The van der Waals surface area contributed by atoms with E-state index >= 15 is 0 Å². The normalized spacial score (nSPS) is 14.2. The first-order valence-electron chi connectivity index (χ1n) is 36.5. The van der Waals surface area contributed by atoms with E-state index in [4.69, 9.17) is 29.4 Å². The summed E-state index contributed by atoms with van der Waals surface area (Å²) in [6.45, 7) is 25.1. The van der Waals surface area contributed by atoms with Crippen LogP contribution in [0.4, 0.5) is 0 Å². The largest absolute Gasteiger partial charge is 0.497 e. The van der Waals surface area contributed by atoms with E-state index in [1.165, 1.54) is 25.7 Å². The number of rotatable bonds is 47. The number of esters is 3. The summed E-state index contributed by atoms with van der Waals surface area (Å²) in [6.07, 6.45) is 8.72. The molecule has 3 aromatic rings. The molecular formula is C78H122N8O15. The Labute approximate surface area is 601 Å². The standard InChI is InChI=1S/C78H122N8O15/c1-17-19-20-21-22-23-24-25-29-32-59(46-66(88)99-48-54-30-27-26-28-31-54)100-77(96)69(53(11)18-2)86-75(94)63(45-51(7)8)82-73(92)64(47-67(89)101-78(12,13)14)83-76(95)68(52(9)10)85-74(93)62(44-50(5)6)81-72(91)61(43-49(3)4)80-71(90)60(79)41-42-65(87)84-70(55-33-37-57(97-15)38-34-55)56-35-39-58(98-16)40-36-56/h26-28,30-31,33-40,49-53,59-64,68-70H,17-25,29,32,41-48,79H2,1-16H3,(H,80,90)(H,81,91)(H,82,92)(H,83,95)(H,84,87)(H,85,93)(H,86,94)/t53-,59?,60-,61-,62-,63-,64-,68-,69-/m0/s1. The van der Waals surface area contributed by atoms with Gasteiger partial charge < -0.3 is 66.6 Å². The Morgan fingerprint density at radius 3 is 1.38 bits per heavy atom. The van der Waals surface area contributed by atoms with E-state index in [2.05, 4.69) is 44.1 Å². The highest BCUT2D eigenvalue weighted by Crippen LogP contribution is 2.27. The molecule has 101 heavy (non-hydrogen) atoms. The number of carbonyl (C=O) groups is 10. The first-order chi connectivity index (χ1) is 47.8. The second kappa shape index (κ2) is 45.7. The molecule has 0 bridgehead atoms. The Morgan fingerprint density at radius 1 is 0.475 bits per heavy atom. The van der Waals surface area contributed by atoms with Crippen LogP contribution >= 0.6 is 0 Å². The number of benzene rings is 3. The third-order valence-corrected chi connectivity index (χ3v) is 17.2. The molecule has 9 N–H and O–H groups in total. The fourth-order valence-corrected chi connectivity index (χ4v) is 11.4. The van der Waals surface area contributed by atoms with Gasteiger partial charge in [0.2, 0.25) is 41.4 Å². The van der Waals surface area contributed by atoms with Gasteiger partial charge in [-0.1, -0.05) is 189 Å². The molecule has 0 spiro atoms. The molecule has 7 amide bonds. The second-order valence-electron chi connectivity index (χ2n) is 29.2. The van der Waals surface area contributed by atoms with Gasteiger partial charge in [0.05, 0.1) is 39.1 Å². The van der Waals surface area contributed by atoms with Crippen molar-refractivity contribution in [2.45, 2.75) is 279 Å². The molecule has 0 aliphatic heterocycles.